The summed E-state index contributed by atoms with van der Waals surface area (Å²) in [5.74, 6) is 0.594. The maximum Gasteiger partial charge on any atom is 0.190 e. The first-order chi connectivity index (χ1) is 5.16. The molecule has 11 heavy (non-hydrogen) atoms. The van der Waals surface area contributed by atoms with Crippen LogP contribution in [0.4, 0.5) is 0 Å². The summed E-state index contributed by atoms with van der Waals surface area (Å²) in [6.45, 7) is 7.63. The van der Waals surface area contributed by atoms with E-state index in [1.165, 1.54) is 0 Å². The van der Waals surface area contributed by atoms with Gasteiger partial charge in [0.1, 0.15) is 0 Å². The van der Waals surface area contributed by atoms with Gasteiger partial charge in [0.15, 0.2) is 5.11 Å². The highest BCUT2D eigenvalue weighted by molar-refractivity contribution is 7.80. The average molecular weight is 176 g/mol. The van der Waals surface area contributed by atoms with Crippen molar-refractivity contribution < 1.29 is 4.84 Å². The quantitative estimate of drug-likeness (QED) is 0.495. The zero-order chi connectivity index (χ0) is 8.69. The number of hydroxylamine groups is 1. The minimum atomic E-state index is 0.556. The second kappa shape index (κ2) is 6.37. The Bertz CT molecular complexity index is 117. The van der Waals surface area contributed by atoms with Crippen molar-refractivity contribution in [1.29, 1.82) is 0 Å². The first-order valence-corrected chi connectivity index (χ1v) is 4.23. The molecule has 0 aliphatic rings. The summed E-state index contributed by atoms with van der Waals surface area (Å²) in [5.41, 5.74) is 2.61. The van der Waals surface area contributed by atoms with E-state index >= 15 is 0 Å². The molecule has 2 N–H and O–H groups in total. The number of hydrogen-bond donors (Lipinski definition) is 2. The second-order valence-corrected chi connectivity index (χ2v) is 3.05. The summed E-state index contributed by atoms with van der Waals surface area (Å²) in [4.78, 5) is 4.87. The minimum absolute atomic E-state index is 0.556. The van der Waals surface area contributed by atoms with Gasteiger partial charge in [0.05, 0.1) is 6.61 Å². The van der Waals surface area contributed by atoms with Gasteiger partial charge < -0.3 is 5.32 Å². The lowest BCUT2D eigenvalue weighted by Gasteiger charge is -2.10. The van der Waals surface area contributed by atoms with Crippen LogP contribution in [0.2, 0.25) is 0 Å². The summed E-state index contributed by atoms with van der Waals surface area (Å²) in [7, 11) is 0. The molecule has 0 bridgehead atoms. The van der Waals surface area contributed by atoms with Gasteiger partial charge in [-0.1, -0.05) is 13.8 Å². The van der Waals surface area contributed by atoms with Crippen LogP contribution >= 0.6 is 12.2 Å². The molecule has 66 valence electrons. The first kappa shape index (κ1) is 10.7. The van der Waals surface area contributed by atoms with Gasteiger partial charge in [-0.05, 0) is 25.1 Å². The second-order valence-electron chi connectivity index (χ2n) is 2.64. The van der Waals surface area contributed by atoms with Crippen molar-refractivity contribution in [2.45, 2.75) is 20.8 Å². The van der Waals surface area contributed by atoms with Crippen LogP contribution in [0, 0.1) is 5.92 Å². The average Bonchev–Trinajstić information content (AvgIpc) is 1.97. The van der Waals surface area contributed by atoms with Gasteiger partial charge in [0.25, 0.3) is 0 Å². The molecule has 0 spiro atoms. The van der Waals surface area contributed by atoms with E-state index in [-0.39, 0.29) is 0 Å². The fourth-order valence-corrected chi connectivity index (χ4v) is 0.613. The van der Waals surface area contributed by atoms with Crippen LogP contribution in [0.5, 0.6) is 0 Å². The molecule has 0 radical (unpaired) electrons. The Hall–Kier alpha value is -0.350. The largest absolute Gasteiger partial charge is 0.361 e. The van der Waals surface area contributed by atoms with Crippen LogP contribution in [-0.2, 0) is 4.84 Å². The lowest BCUT2D eigenvalue weighted by molar-refractivity contribution is 0.0960. The van der Waals surface area contributed by atoms with Gasteiger partial charge in [-0.25, -0.2) is 5.48 Å². The number of rotatable bonds is 4. The highest BCUT2D eigenvalue weighted by Gasteiger charge is 1.95. The van der Waals surface area contributed by atoms with E-state index in [9.17, 15) is 0 Å². The van der Waals surface area contributed by atoms with E-state index in [1.54, 1.807) is 0 Å². The van der Waals surface area contributed by atoms with Crippen molar-refractivity contribution in [3.63, 3.8) is 0 Å². The lowest BCUT2D eigenvalue weighted by Crippen LogP contribution is -2.37. The van der Waals surface area contributed by atoms with Gasteiger partial charge >= 0.3 is 0 Å². The van der Waals surface area contributed by atoms with Crippen LogP contribution in [-0.4, -0.2) is 18.3 Å². The number of nitrogens with one attached hydrogen (secondary N) is 2. The van der Waals surface area contributed by atoms with E-state index in [4.69, 9.17) is 17.1 Å². The molecule has 0 saturated heterocycles. The molecule has 0 aromatic rings. The summed E-state index contributed by atoms with van der Waals surface area (Å²) in [6.07, 6.45) is 0. The third-order valence-electron chi connectivity index (χ3n) is 0.980. The van der Waals surface area contributed by atoms with Crippen molar-refractivity contribution in [3.8, 4) is 0 Å². The van der Waals surface area contributed by atoms with E-state index in [0.29, 0.717) is 17.6 Å². The molecule has 4 heteroatoms. The van der Waals surface area contributed by atoms with Crippen LogP contribution in [0.15, 0.2) is 0 Å². The molecule has 0 aromatic heterocycles. The molecule has 0 aromatic carbocycles. The molecular weight excluding hydrogens is 160 g/mol. The van der Waals surface area contributed by atoms with Crippen molar-refractivity contribution in [1.82, 2.24) is 10.8 Å². The Labute approximate surface area is 73.5 Å². The lowest BCUT2D eigenvalue weighted by atomic mass is 10.2. The van der Waals surface area contributed by atoms with E-state index < -0.39 is 0 Å². The molecule has 0 unspecified atom stereocenters. The van der Waals surface area contributed by atoms with Crippen LogP contribution < -0.4 is 10.8 Å². The van der Waals surface area contributed by atoms with Gasteiger partial charge in [0.2, 0.25) is 0 Å². The number of thiocarbonyl (C=S) groups is 1. The minimum Gasteiger partial charge on any atom is -0.361 e. The van der Waals surface area contributed by atoms with Crippen LogP contribution in [0.25, 0.3) is 0 Å². The number of hydrogen-bond acceptors (Lipinski definition) is 2. The molecule has 3 nitrogen and oxygen atoms in total. The molecule has 0 aliphatic carbocycles. The van der Waals surface area contributed by atoms with E-state index in [2.05, 4.69) is 24.6 Å². The normalized spacial score (nSPS) is 9.82. The van der Waals surface area contributed by atoms with Crippen LogP contribution in [0.3, 0.4) is 0 Å². The highest BCUT2D eigenvalue weighted by Crippen LogP contribution is 1.86. The third kappa shape index (κ3) is 7.55. The van der Waals surface area contributed by atoms with Gasteiger partial charge in [-0.2, -0.15) is 0 Å². The summed E-state index contributed by atoms with van der Waals surface area (Å²) in [5, 5.41) is 3.57. The Morgan fingerprint density at radius 1 is 1.55 bits per heavy atom. The van der Waals surface area contributed by atoms with Crippen LogP contribution in [0.1, 0.15) is 20.8 Å². The smallest absolute Gasteiger partial charge is 0.190 e. The summed E-state index contributed by atoms with van der Waals surface area (Å²) < 4.78 is 0. The molecule has 0 saturated carbocycles. The highest BCUT2D eigenvalue weighted by atomic mass is 32.1. The van der Waals surface area contributed by atoms with Crippen molar-refractivity contribution in [3.05, 3.63) is 0 Å². The Morgan fingerprint density at radius 2 is 2.18 bits per heavy atom. The molecule has 0 atom stereocenters. The summed E-state index contributed by atoms with van der Waals surface area (Å²) in [6, 6.07) is 0. The molecule has 0 fully saturated rings. The predicted molar refractivity (Wildman–Crippen MR) is 50.2 cm³/mol. The van der Waals surface area contributed by atoms with E-state index in [1.807, 2.05) is 6.92 Å². The van der Waals surface area contributed by atoms with Gasteiger partial charge in [-0.3, -0.25) is 4.84 Å². The van der Waals surface area contributed by atoms with Crippen molar-refractivity contribution in [2.75, 3.05) is 13.2 Å². The fraction of sp³-hybridized carbons (Fsp3) is 0.857. The zero-order valence-electron chi connectivity index (χ0n) is 7.31. The maximum atomic E-state index is 4.89. The topological polar surface area (TPSA) is 33.3 Å². The molecule has 0 amide bonds. The molecule has 0 heterocycles. The Balaban J connectivity index is 3.23. The zero-order valence-corrected chi connectivity index (χ0v) is 8.12. The Kier molecular flexibility index (Phi) is 6.16. The monoisotopic (exact) mass is 176 g/mol. The SMILES string of the molecule is CCONC(=S)NCC(C)C. The predicted octanol–water partition coefficient (Wildman–Crippen LogP) is 1.06. The van der Waals surface area contributed by atoms with Gasteiger partial charge in [-0.15, -0.1) is 0 Å². The first-order valence-electron chi connectivity index (χ1n) is 3.82. The van der Waals surface area contributed by atoms with Crippen molar-refractivity contribution >= 4 is 17.3 Å². The van der Waals surface area contributed by atoms with E-state index in [0.717, 1.165) is 6.54 Å². The molecule has 0 aliphatic heterocycles. The van der Waals surface area contributed by atoms with Crippen molar-refractivity contribution in [2.24, 2.45) is 5.92 Å². The standard InChI is InChI=1S/C7H16N2OS/c1-4-10-9-7(11)8-5-6(2)3/h6H,4-5H2,1-3H3,(H2,8,9,11). The molecular formula is C7H16N2OS. The molecule has 0 rings (SSSR count). The Morgan fingerprint density at radius 3 is 2.64 bits per heavy atom. The third-order valence-corrected chi connectivity index (χ3v) is 1.21. The maximum absolute atomic E-state index is 4.89. The van der Waals surface area contributed by atoms with Gasteiger partial charge in [0, 0.05) is 6.54 Å². The summed E-state index contributed by atoms with van der Waals surface area (Å²) >= 11 is 4.89. The fourth-order valence-electron chi connectivity index (χ4n) is 0.471.